The Morgan fingerprint density at radius 1 is 1.58 bits per heavy atom. The van der Waals surface area contributed by atoms with Crippen molar-refractivity contribution in [2.45, 2.75) is 12.8 Å². The second kappa shape index (κ2) is 4.06. The van der Waals surface area contributed by atoms with E-state index in [9.17, 15) is 9.59 Å². The highest BCUT2D eigenvalue weighted by Crippen LogP contribution is 2.06. The minimum absolute atomic E-state index is 0.0881. The molecule has 68 valence electrons. The molecule has 0 aromatic carbocycles. The Balaban J connectivity index is 2.32. The number of hydrogen-bond acceptors (Lipinski definition) is 5. The number of nitrogens with zero attached hydrogens (tertiary/aromatic N) is 1. The van der Waals surface area contributed by atoms with Gasteiger partial charge in [0.1, 0.15) is 5.78 Å². The zero-order valence-corrected chi connectivity index (χ0v) is 6.91. The van der Waals surface area contributed by atoms with E-state index >= 15 is 0 Å². The molecule has 1 rings (SSSR count). The Morgan fingerprint density at radius 2 is 2.33 bits per heavy atom. The third kappa shape index (κ3) is 2.50. The van der Waals surface area contributed by atoms with Gasteiger partial charge < -0.3 is 9.57 Å². The normalized spacial score (nSPS) is 18.9. The number of hydroxylamine groups is 2. The molecule has 0 aromatic rings. The van der Waals surface area contributed by atoms with Crippen molar-refractivity contribution in [2.75, 3.05) is 20.2 Å². The molecular formula is C7H11NO4. The zero-order valence-electron chi connectivity index (χ0n) is 6.91. The Bertz CT molecular complexity index is 192. The maximum absolute atomic E-state index is 10.9. The molecule has 1 aliphatic heterocycles. The molecule has 0 radical (unpaired) electrons. The zero-order chi connectivity index (χ0) is 8.97. The summed E-state index contributed by atoms with van der Waals surface area (Å²) >= 11 is 0. The van der Waals surface area contributed by atoms with E-state index in [0.717, 1.165) is 6.42 Å². The van der Waals surface area contributed by atoms with Gasteiger partial charge in [-0.3, -0.25) is 4.79 Å². The fourth-order valence-corrected chi connectivity index (χ4v) is 1.03. The topological polar surface area (TPSA) is 55.8 Å². The van der Waals surface area contributed by atoms with E-state index < -0.39 is 6.16 Å². The van der Waals surface area contributed by atoms with Crippen molar-refractivity contribution < 1.29 is 19.2 Å². The van der Waals surface area contributed by atoms with Crippen LogP contribution in [0, 0.1) is 0 Å². The van der Waals surface area contributed by atoms with Crippen molar-refractivity contribution in [3.8, 4) is 0 Å². The van der Waals surface area contributed by atoms with Crippen LogP contribution in [0.3, 0.4) is 0 Å². The fourth-order valence-electron chi connectivity index (χ4n) is 1.03. The van der Waals surface area contributed by atoms with E-state index in [1.165, 1.54) is 12.2 Å². The van der Waals surface area contributed by atoms with Crippen LogP contribution < -0.4 is 0 Å². The van der Waals surface area contributed by atoms with Crippen molar-refractivity contribution in [2.24, 2.45) is 0 Å². The third-order valence-electron chi connectivity index (χ3n) is 1.59. The van der Waals surface area contributed by atoms with E-state index in [1.54, 1.807) is 0 Å². The Hall–Kier alpha value is -1.10. The minimum atomic E-state index is -0.773. The van der Waals surface area contributed by atoms with E-state index in [1.807, 2.05) is 0 Å². The summed E-state index contributed by atoms with van der Waals surface area (Å²) in [4.78, 5) is 26.1. The average Bonchev–Trinajstić information content (AvgIpc) is 2.04. The smallest absolute Gasteiger partial charge is 0.436 e. The van der Waals surface area contributed by atoms with Crippen molar-refractivity contribution in [3.63, 3.8) is 0 Å². The highest BCUT2D eigenvalue weighted by atomic mass is 16.8. The maximum atomic E-state index is 10.9. The first-order chi connectivity index (χ1) is 5.72. The summed E-state index contributed by atoms with van der Waals surface area (Å²) in [5.41, 5.74) is 0. The molecule has 1 aliphatic rings. The van der Waals surface area contributed by atoms with Crippen LogP contribution in [0.1, 0.15) is 12.8 Å². The minimum Gasteiger partial charge on any atom is -0.436 e. The summed E-state index contributed by atoms with van der Waals surface area (Å²) < 4.78 is 4.27. The van der Waals surface area contributed by atoms with E-state index in [2.05, 4.69) is 9.57 Å². The first-order valence-electron chi connectivity index (χ1n) is 3.75. The molecule has 5 nitrogen and oxygen atoms in total. The van der Waals surface area contributed by atoms with Crippen LogP contribution in [0.25, 0.3) is 0 Å². The lowest BCUT2D eigenvalue weighted by atomic mass is 10.1. The lowest BCUT2D eigenvalue weighted by Crippen LogP contribution is -2.37. The first-order valence-corrected chi connectivity index (χ1v) is 3.75. The van der Waals surface area contributed by atoms with Gasteiger partial charge in [-0.15, -0.1) is 5.06 Å². The summed E-state index contributed by atoms with van der Waals surface area (Å²) in [6.07, 6.45) is 0.529. The summed E-state index contributed by atoms with van der Waals surface area (Å²) in [7, 11) is 1.23. The van der Waals surface area contributed by atoms with E-state index in [4.69, 9.17) is 0 Å². The molecule has 0 saturated carbocycles. The number of Topliss-reactive ketones (excluding diaryl/α,β-unsaturated/α-hetero) is 1. The lowest BCUT2D eigenvalue weighted by molar-refractivity contribution is -0.152. The lowest BCUT2D eigenvalue weighted by Gasteiger charge is -2.22. The van der Waals surface area contributed by atoms with Crippen LogP contribution in [0.2, 0.25) is 0 Å². The molecule has 1 heterocycles. The number of methoxy groups -OCH3 is 1. The quantitative estimate of drug-likeness (QED) is 0.535. The number of ether oxygens (including phenoxy) is 1. The summed E-state index contributed by atoms with van der Waals surface area (Å²) in [5, 5.41) is 1.32. The van der Waals surface area contributed by atoms with Crippen molar-refractivity contribution in [3.05, 3.63) is 0 Å². The average molecular weight is 173 g/mol. The van der Waals surface area contributed by atoms with Gasteiger partial charge in [-0.25, -0.2) is 4.79 Å². The van der Waals surface area contributed by atoms with Gasteiger partial charge in [0.25, 0.3) is 0 Å². The molecule has 0 aromatic heterocycles. The Kier molecular flexibility index (Phi) is 3.04. The predicted octanol–water partition coefficient (Wildman–Crippen LogP) is 0.349. The molecule has 0 atom stereocenters. The van der Waals surface area contributed by atoms with Gasteiger partial charge >= 0.3 is 6.16 Å². The highest BCUT2D eigenvalue weighted by molar-refractivity contribution is 5.81. The summed E-state index contributed by atoms with van der Waals surface area (Å²) in [6.45, 7) is 0.774. The Morgan fingerprint density at radius 3 is 2.92 bits per heavy atom. The second-order valence-electron chi connectivity index (χ2n) is 2.55. The monoisotopic (exact) mass is 173 g/mol. The van der Waals surface area contributed by atoms with Crippen LogP contribution in [0.15, 0.2) is 0 Å². The van der Waals surface area contributed by atoms with Crippen molar-refractivity contribution in [1.29, 1.82) is 0 Å². The standard InChI is InChI=1S/C7H11NO4/c1-11-7(10)12-8-4-2-3-6(9)5-8/h2-5H2,1H3. The molecule has 0 amide bonds. The van der Waals surface area contributed by atoms with Gasteiger partial charge in [0, 0.05) is 13.0 Å². The van der Waals surface area contributed by atoms with Crippen LogP contribution in [-0.2, 0) is 14.4 Å². The van der Waals surface area contributed by atoms with Crippen LogP contribution in [0.5, 0.6) is 0 Å². The predicted molar refractivity (Wildman–Crippen MR) is 39.3 cm³/mol. The molecule has 0 N–H and O–H groups in total. The molecule has 5 heteroatoms. The molecule has 0 unspecified atom stereocenters. The number of carbonyl (C=O) groups excluding carboxylic acids is 2. The van der Waals surface area contributed by atoms with Gasteiger partial charge in [-0.05, 0) is 6.42 Å². The second-order valence-corrected chi connectivity index (χ2v) is 2.55. The summed E-state index contributed by atoms with van der Waals surface area (Å²) in [6, 6.07) is 0. The molecule has 0 spiro atoms. The molecule has 1 fully saturated rings. The van der Waals surface area contributed by atoms with Gasteiger partial charge in [-0.1, -0.05) is 0 Å². The number of carbonyl (C=O) groups is 2. The highest BCUT2D eigenvalue weighted by Gasteiger charge is 2.20. The van der Waals surface area contributed by atoms with Gasteiger partial charge in [0.15, 0.2) is 0 Å². The molecule has 0 aliphatic carbocycles. The molecule has 1 saturated heterocycles. The Labute approximate surface area is 70.2 Å². The molecule has 0 bridgehead atoms. The van der Waals surface area contributed by atoms with Crippen LogP contribution >= 0.6 is 0 Å². The molecular weight excluding hydrogens is 162 g/mol. The number of ketones is 1. The van der Waals surface area contributed by atoms with Crippen LogP contribution in [-0.4, -0.2) is 37.2 Å². The first kappa shape index (κ1) is 8.99. The number of hydrogen-bond donors (Lipinski definition) is 0. The van der Waals surface area contributed by atoms with Crippen molar-refractivity contribution in [1.82, 2.24) is 5.06 Å². The van der Waals surface area contributed by atoms with Gasteiger partial charge in [-0.2, -0.15) is 0 Å². The van der Waals surface area contributed by atoms with Crippen LogP contribution in [0.4, 0.5) is 4.79 Å². The molecule has 12 heavy (non-hydrogen) atoms. The third-order valence-corrected chi connectivity index (χ3v) is 1.59. The SMILES string of the molecule is COC(=O)ON1CCCC(=O)C1. The summed E-state index contributed by atoms with van der Waals surface area (Å²) in [5.74, 6) is 0.0881. The maximum Gasteiger partial charge on any atom is 0.527 e. The van der Waals surface area contributed by atoms with E-state index in [0.29, 0.717) is 13.0 Å². The van der Waals surface area contributed by atoms with Crippen molar-refractivity contribution >= 4 is 11.9 Å². The fraction of sp³-hybridized carbons (Fsp3) is 0.714. The van der Waals surface area contributed by atoms with Gasteiger partial charge in [0.05, 0.1) is 13.7 Å². The number of rotatable bonds is 1. The number of piperidine rings is 1. The van der Waals surface area contributed by atoms with Gasteiger partial charge in [0.2, 0.25) is 0 Å². The van der Waals surface area contributed by atoms with E-state index in [-0.39, 0.29) is 12.3 Å². The largest absolute Gasteiger partial charge is 0.527 e.